The highest BCUT2D eigenvalue weighted by molar-refractivity contribution is 5.61. The molecule has 0 N–H and O–H groups in total. The number of rotatable bonds is 3. The quantitative estimate of drug-likeness (QED) is 0.722. The van der Waals surface area contributed by atoms with Crippen LogP contribution in [0.25, 0.3) is 0 Å². The van der Waals surface area contributed by atoms with E-state index in [1.165, 1.54) is 5.56 Å². The monoisotopic (exact) mass is 190 g/mol. The SMILES string of the molecule is COc1ccc(CN2CC=NC2)cc1. The summed E-state index contributed by atoms with van der Waals surface area (Å²) >= 11 is 0. The number of benzene rings is 1. The van der Waals surface area contributed by atoms with E-state index in [4.69, 9.17) is 4.74 Å². The summed E-state index contributed by atoms with van der Waals surface area (Å²) in [6, 6.07) is 8.17. The van der Waals surface area contributed by atoms with Crippen LogP contribution in [0.3, 0.4) is 0 Å². The number of methoxy groups -OCH3 is 1. The van der Waals surface area contributed by atoms with Gasteiger partial charge in [0.15, 0.2) is 0 Å². The smallest absolute Gasteiger partial charge is 0.118 e. The van der Waals surface area contributed by atoms with Crippen LogP contribution in [0.2, 0.25) is 0 Å². The van der Waals surface area contributed by atoms with Gasteiger partial charge in [0.2, 0.25) is 0 Å². The molecule has 0 unspecified atom stereocenters. The summed E-state index contributed by atoms with van der Waals surface area (Å²) in [6.07, 6.45) is 1.96. The Morgan fingerprint density at radius 2 is 2.14 bits per heavy atom. The number of ether oxygens (including phenoxy) is 1. The minimum Gasteiger partial charge on any atom is -0.497 e. The molecule has 0 saturated carbocycles. The van der Waals surface area contributed by atoms with E-state index in [-0.39, 0.29) is 0 Å². The predicted octanol–water partition coefficient (Wildman–Crippen LogP) is 1.54. The zero-order chi connectivity index (χ0) is 9.80. The van der Waals surface area contributed by atoms with Gasteiger partial charge in [0.05, 0.1) is 13.8 Å². The third kappa shape index (κ3) is 2.12. The minimum absolute atomic E-state index is 0.825. The molecule has 0 saturated heterocycles. The van der Waals surface area contributed by atoms with Gasteiger partial charge in [-0.3, -0.25) is 9.89 Å². The summed E-state index contributed by atoms with van der Waals surface area (Å²) in [6.45, 7) is 2.75. The summed E-state index contributed by atoms with van der Waals surface area (Å²) in [7, 11) is 1.68. The van der Waals surface area contributed by atoms with Crippen molar-refractivity contribution in [2.24, 2.45) is 4.99 Å². The van der Waals surface area contributed by atoms with Crippen molar-refractivity contribution in [1.82, 2.24) is 4.90 Å². The molecule has 0 atom stereocenters. The molecule has 1 aliphatic heterocycles. The van der Waals surface area contributed by atoms with Gasteiger partial charge in [0.25, 0.3) is 0 Å². The summed E-state index contributed by atoms with van der Waals surface area (Å²) in [5.74, 6) is 0.909. The molecule has 14 heavy (non-hydrogen) atoms. The van der Waals surface area contributed by atoms with Gasteiger partial charge in [-0.2, -0.15) is 0 Å². The van der Waals surface area contributed by atoms with Crippen LogP contribution in [-0.4, -0.2) is 31.4 Å². The fourth-order valence-corrected chi connectivity index (χ4v) is 1.51. The summed E-state index contributed by atoms with van der Waals surface area (Å²) in [4.78, 5) is 6.45. The van der Waals surface area contributed by atoms with Gasteiger partial charge >= 0.3 is 0 Å². The number of aliphatic imine (C=N–C) groups is 1. The molecule has 0 bridgehead atoms. The Labute approximate surface area is 84.0 Å². The van der Waals surface area contributed by atoms with Gasteiger partial charge < -0.3 is 4.74 Å². The molecule has 0 amide bonds. The average molecular weight is 190 g/mol. The van der Waals surface area contributed by atoms with Crippen LogP contribution in [0, 0.1) is 0 Å². The third-order valence-electron chi connectivity index (χ3n) is 2.32. The Kier molecular flexibility index (Phi) is 2.79. The van der Waals surface area contributed by atoms with Crippen molar-refractivity contribution >= 4 is 6.21 Å². The van der Waals surface area contributed by atoms with Crippen molar-refractivity contribution in [3.8, 4) is 5.75 Å². The second-order valence-corrected chi connectivity index (χ2v) is 3.37. The van der Waals surface area contributed by atoms with E-state index >= 15 is 0 Å². The molecule has 1 aromatic rings. The molecule has 0 spiro atoms. The summed E-state index contributed by atoms with van der Waals surface area (Å²) < 4.78 is 5.10. The normalized spacial score (nSPS) is 16.1. The number of hydrogen-bond acceptors (Lipinski definition) is 3. The van der Waals surface area contributed by atoms with E-state index < -0.39 is 0 Å². The molecule has 1 aliphatic rings. The topological polar surface area (TPSA) is 24.8 Å². The molecule has 2 rings (SSSR count). The number of nitrogens with zero attached hydrogens (tertiary/aromatic N) is 2. The molecule has 1 heterocycles. The van der Waals surface area contributed by atoms with E-state index in [1.54, 1.807) is 7.11 Å². The lowest BCUT2D eigenvalue weighted by atomic mass is 10.2. The Morgan fingerprint density at radius 3 is 2.71 bits per heavy atom. The zero-order valence-corrected chi connectivity index (χ0v) is 8.31. The maximum absolute atomic E-state index is 5.10. The second kappa shape index (κ2) is 4.24. The fraction of sp³-hybridized carbons (Fsp3) is 0.364. The van der Waals surface area contributed by atoms with E-state index in [0.29, 0.717) is 0 Å². The van der Waals surface area contributed by atoms with Gasteiger partial charge in [-0.1, -0.05) is 12.1 Å². The van der Waals surface area contributed by atoms with Crippen molar-refractivity contribution in [1.29, 1.82) is 0 Å². The summed E-state index contributed by atoms with van der Waals surface area (Å²) in [5, 5.41) is 0. The lowest BCUT2D eigenvalue weighted by molar-refractivity contribution is 0.335. The van der Waals surface area contributed by atoms with Crippen molar-refractivity contribution in [3.05, 3.63) is 29.8 Å². The molecule has 0 fully saturated rings. The van der Waals surface area contributed by atoms with E-state index in [9.17, 15) is 0 Å². The van der Waals surface area contributed by atoms with Gasteiger partial charge in [-0.25, -0.2) is 0 Å². The van der Waals surface area contributed by atoms with Crippen molar-refractivity contribution in [2.75, 3.05) is 20.3 Å². The van der Waals surface area contributed by atoms with Gasteiger partial charge in [0, 0.05) is 19.3 Å². The van der Waals surface area contributed by atoms with Gasteiger partial charge in [0.1, 0.15) is 5.75 Å². The van der Waals surface area contributed by atoms with Crippen LogP contribution >= 0.6 is 0 Å². The van der Waals surface area contributed by atoms with Crippen LogP contribution in [0.15, 0.2) is 29.3 Å². The molecular formula is C11H14N2O. The van der Waals surface area contributed by atoms with Crippen molar-refractivity contribution < 1.29 is 4.74 Å². The molecule has 0 radical (unpaired) electrons. The third-order valence-corrected chi connectivity index (χ3v) is 2.32. The molecule has 1 aromatic carbocycles. The first-order valence-electron chi connectivity index (χ1n) is 4.72. The fourth-order valence-electron chi connectivity index (χ4n) is 1.51. The Hall–Kier alpha value is -1.35. The molecule has 0 aromatic heterocycles. The van der Waals surface area contributed by atoms with E-state index in [1.807, 2.05) is 18.3 Å². The molecule has 74 valence electrons. The zero-order valence-electron chi connectivity index (χ0n) is 8.31. The minimum atomic E-state index is 0.825. The van der Waals surface area contributed by atoms with Crippen molar-refractivity contribution in [3.63, 3.8) is 0 Å². The van der Waals surface area contributed by atoms with Crippen LogP contribution < -0.4 is 4.74 Å². The van der Waals surface area contributed by atoms with Crippen LogP contribution in [0.1, 0.15) is 5.56 Å². The van der Waals surface area contributed by atoms with Crippen molar-refractivity contribution in [2.45, 2.75) is 6.54 Å². The van der Waals surface area contributed by atoms with Crippen LogP contribution in [-0.2, 0) is 6.54 Å². The lowest BCUT2D eigenvalue weighted by Crippen LogP contribution is -2.19. The Morgan fingerprint density at radius 1 is 1.36 bits per heavy atom. The van der Waals surface area contributed by atoms with Gasteiger partial charge in [-0.15, -0.1) is 0 Å². The summed E-state index contributed by atoms with van der Waals surface area (Å²) in [5.41, 5.74) is 1.30. The number of hydrogen-bond donors (Lipinski definition) is 0. The Bertz CT molecular complexity index is 311. The van der Waals surface area contributed by atoms with E-state index in [0.717, 1.165) is 25.5 Å². The average Bonchev–Trinajstić information content (AvgIpc) is 2.72. The largest absolute Gasteiger partial charge is 0.497 e. The molecule has 3 nitrogen and oxygen atoms in total. The maximum Gasteiger partial charge on any atom is 0.118 e. The lowest BCUT2D eigenvalue weighted by Gasteiger charge is -2.13. The highest BCUT2D eigenvalue weighted by Crippen LogP contribution is 2.13. The Balaban J connectivity index is 1.96. The van der Waals surface area contributed by atoms with E-state index in [2.05, 4.69) is 22.0 Å². The molecule has 0 aliphatic carbocycles. The second-order valence-electron chi connectivity index (χ2n) is 3.37. The first-order chi connectivity index (χ1) is 6.88. The molecular weight excluding hydrogens is 176 g/mol. The van der Waals surface area contributed by atoms with Gasteiger partial charge in [-0.05, 0) is 17.7 Å². The first kappa shape index (κ1) is 9.21. The van der Waals surface area contributed by atoms with Crippen LogP contribution in [0.4, 0.5) is 0 Å². The van der Waals surface area contributed by atoms with Crippen LogP contribution in [0.5, 0.6) is 5.75 Å². The standard InChI is InChI=1S/C11H14N2O/c1-14-11-4-2-10(3-5-11)8-13-7-6-12-9-13/h2-6H,7-9H2,1H3. The highest BCUT2D eigenvalue weighted by Gasteiger charge is 2.07. The highest BCUT2D eigenvalue weighted by atomic mass is 16.5. The predicted molar refractivity (Wildman–Crippen MR) is 56.8 cm³/mol. The first-order valence-corrected chi connectivity index (χ1v) is 4.72. The maximum atomic E-state index is 5.10. The molecule has 3 heteroatoms.